The highest BCUT2D eigenvalue weighted by molar-refractivity contribution is 5.84. The molecule has 0 bridgehead atoms. The number of nitrogens with one attached hydrogen (secondary N) is 1. The fraction of sp³-hybridized carbons (Fsp3) is 0.412. The van der Waals surface area contributed by atoms with E-state index in [0.717, 1.165) is 22.2 Å². The number of hydrogen-bond acceptors (Lipinski definition) is 4. The lowest BCUT2D eigenvalue weighted by molar-refractivity contribution is 0.0528. The number of hydrogen-bond donors (Lipinski definition) is 1. The van der Waals surface area contributed by atoms with Gasteiger partial charge in [0.25, 0.3) is 0 Å². The third-order valence-corrected chi connectivity index (χ3v) is 3.12. The van der Waals surface area contributed by atoms with Crippen molar-refractivity contribution < 1.29 is 14.3 Å². The summed E-state index contributed by atoms with van der Waals surface area (Å²) in [7, 11) is 1.64. The highest BCUT2D eigenvalue weighted by atomic mass is 16.6. The third kappa shape index (κ3) is 4.10. The van der Waals surface area contributed by atoms with Gasteiger partial charge in [-0.05, 0) is 45.4 Å². The second-order valence-electron chi connectivity index (χ2n) is 6.00. The number of amides is 1. The second kappa shape index (κ2) is 6.64. The molecule has 1 amide bonds. The summed E-state index contributed by atoms with van der Waals surface area (Å²) in [5, 5.41) is 3.80. The van der Waals surface area contributed by atoms with E-state index in [1.165, 1.54) is 0 Å². The van der Waals surface area contributed by atoms with Gasteiger partial charge in [-0.25, -0.2) is 4.79 Å². The number of ether oxygens (including phenoxy) is 2. The van der Waals surface area contributed by atoms with Gasteiger partial charge >= 0.3 is 6.09 Å². The molecule has 0 saturated heterocycles. The Bertz CT molecular complexity index is 662. The van der Waals surface area contributed by atoms with E-state index in [9.17, 15) is 4.79 Å². The number of benzene rings is 1. The van der Waals surface area contributed by atoms with E-state index in [0.29, 0.717) is 13.0 Å². The summed E-state index contributed by atoms with van der Waals surface area (Å²) in [5.74, 6) is 0.798. The van der Waals surface area contributed by atoms with Crippen LogP contribution in [0.25, 0.3) is 10.9 Å². The molecule has 5 nitrogen and oxygen atoms in total. The van der Waals surface area contributed by atoms with Crippen LogP contribution in [-0.4, -0.2) is 30.3 Å². The number of methoxy groups -OCH3 is 1. The van der Waals surface area contributed by atoms with Crippen molar-refractivity contribution in [1.29, 1.82) is 0 Å². The third-order valence-electron chi connectivity index (χ3n) is 3.12. The Kier molecular flexibility index (Phi) is 4.85. The zero-order valence-corrected chi connectivity index (χ0v) is 13.5. The van der Waals surface area contributed by atoms with E-state index >= 15 is 0 Å². The number of pyridine rings is 1. The first-order valence-electron chi connectivity index (χ1n) is 7.28. The number of aromatic nitrogens is 1. The maximum atomic E-state index is 11.7. The molecule has 1 aromatic carbocycles. The zero-order chi connectivity index (χ0) is 16.2. The van der Waals surface area contributed by atoms with E-state index in [4.69, 9.17) is 9.47 Å². The Morgan fingerprint density at radius 3 is 2.73 bits per heavy atom. The highest BCUT2D eigenvalue weighted by Gasteiger charge is 2.16. The number of nitrogens with zero attached hydrogens (tertiary/aromatic N) is 1. The predicted octanol–water partition coefficient (Wildman–Crippen LogP) is 3.31. The lowest BCUT2D eigenvalue weighted by Crippen LogP contribution is -2.33. The summed E-state index contributed by atoms with van der Waals surface area (Å²) in [4.78, 5) is 16.0. The van der Waals surface area contributed by atoms with Crippen LogP contribution in [0.5, 0.6) is 5.75 Å². The molecule has 22 heavy (non-hydrogen) atoms. The van der Waals surface area contributed by atoms with E-state index in [2.05, 4.69) is 10.3 Å². The Morgan fingerprint density at radius 1 is 1.27 bits per heavy atom. The molecular formula is C17H22N2O3. The first kappa shape index (κ1) is 16.1. The molecule has 0 aliphatic heterocycles. The fourth-order valence-electron chi connectivity index (χ4n) is 2.25. The van der Waals surface area contributed by atoms with E-state index in [-0.39, 0.29) is 0 Å². The van der Waals surface area contributed by atoms with Crippen LogP contribution in [0.3, 0.4) is 0 Å². The van der Waals surface area contributed by atoms with Gasteiger partial charge in [0, 0.05) is 23.7 Å². The molecule has 118 valence electrons. The van der Waals surface area contributed by atoms with Crippen LogP contribution < -0.4 is 10.1 Å². The molecule has 0 saturated carbocycles. The number of alkyl carbamates (subject to hydrolysis) is 1. The van der Waals surface area contributed by atoms with E-state index < -0.39 is 11.7 Å². The maximum Gasteiger partial charge on any atom is 0.407 e. The molecule has 0 unspecified atom stereocenters. The van der Waals surface area contributed by atoms with Gasteiger partial charge in [-0.2, -0.15) is 0 Å². The lowest BCUT2D eigenvalue weighted by atomic mass is 10.0. The minimum Gasteiger partial charge on any atom is -0.496 e. The molecule has 2 rings (SSSR count). The molecule has 1 heterocycles. The minimum absolute atomic E-state index is 0.412. The van der Waals surface area contributed by atoms with Crippen molar-refractivity contribution in [1.82, 2.24) is 10.3 Å². The average molecular weight is 302 g/mol. The summed E-state index contributed by atoms with van der Waals surface area (Å²) in [6.07, 6.45) is 1.99. The van der Waals surface area contributed by atoms with Crippen LogP contribution in [0.1, 0.15) is 26.3 Å². The molecule has 5 heteroatoms. The summed E-state index contributed by atoms with van der Waals surface area (Å²) < 4.78 is 10.6. The topological polar surface area (TPSA) is 60.5 Å². The molecule has 0 radical (unpaired) electrons. The van der Waals surface area contributed by atoms with Gasteiger partial charge in [0.1, 0.15) is 11.4 Å². The van der Waals surface area contributed by atoms with Crippen molar-refractivity contribution in [3.63, 3.8) is 0 Å². The quantitative estimate of drug-likeness (QED) is 0.941. The average Bonchev–Trinajstić information content (AvgIpc) is 2.45. The monoisotopic (exact) mass is 302 g/mol. The molecule has 0 fully saturated rings. The molecule has 0 atom stereocenters. The SMILES string of the molecule is COc1ccc2ncccc2c1CCNC(=O)OC(C)(C)C. The van der Waals surface area contributed by atoms with E-state index in [1.807, 2.05) is 45.0 Å². The molecular weight excluding hydrogens is 280 g/mol. The van der Waals surface area contributed by atoms with Crippen molar-refractivity contribution in [2.45, 2.75) is 32.8 Å². The lowest BCUT2D eigenvalue weighted by Gasteiger charge is -2.20. The van der Waals surface area contributed by atoms with Crippen molar-refractivity contribution in [3.8, 4) is 5.75 Å². The van der Waals surface area contributed by atoms with Crippen LogP contribution in [0.4, 0.5) is 4.79 Å². The predicted molar refractivity (Wildman–Crippen MR) is 86.2 cm³/mol. The largest absolute Gasteiger partial charge is 0.496 e. The standard InChI is InChI=1S/C17H22N2O3/c1-17(2,3)22-16(20)19-11-9-13-12-6-5-10-18-14(12)7-8-15(13)21-4/h5-8,10H,9,11H2,1-4H3,(H,19,20). The normalized spacial score (nSPS) is 11.3. The summed E-state index contributed by atoms with van der Waals surface area (Å²) >= 11 is 0. The molecule has 2 aromatic rings. The van der Waals surface area contributed by atoms with Crippen LogP contribution in [0.15, 0.2) is 30.5 Å². The van der Waals surface area contributed by atoms with Crippen LogP contribution in [-0.2, 0) is 11.2 Å². The smallest absolute Gasteiger partial charge is 0.407 e. The molecule has 1 aromatic heterocycles. The second-order valence-corrected chi connectivity index (χ2v) is 6.00. The number of rotatable bonds is 4. The van der Waals surface area contributed by atoms with Crippen molar-refractivity contribution in [3.05, 3.63) is 36.0 Å². The van der Waals surface area contributed by atoms with Gasteiger partial charge in [0.2, 0.25) is 0 Å². The van der Waals surface area contributed by atoms with Gasteiger partial charge in [-0.1, -0.05) is 6.07 Å². The number of carbonyl (C=O) groups excluding carboxylic acids is 1. The number of carbonyl (C=O) groups is 1. The van der Waals surface area contributed by atoms with Crippen LogP contribution in [0, 0.1) is 0 Å². The van der Waals surface area contributed by atoms with Crippen LogP contribution >= 0.6 is 0 Å². The van der Waals surface area contributed by atoms with Crippen LogP contribution in [0.2, 0.25) is 0 Å². The van der Waals surface area contributed by atoms with Gasteiger partial charge in [0.15, 0.2) is 0 Å². The van der Waals surface area contributed by atoms with Gasteiger partial charge in [-0.3, -0.25) is 4.98 Å². The van der Waals surface area contributed by atoms with Gasteiger partial charge < -0.3 is 14.8 Å². The molecule has 0 aliphatic rings. The van der Waals surface area contributed by atoms with Gasteiger partial charge in [0.05, 0.1) is 12.6 Å². The molecule has 0 aliphatic carbocycles. The fourth-order valence-corrected chi connectivity index (χ4v) is 2.25. The Balaban J connectivity index is 2.09. The van der Waals surface area contributed by atoms with Gasteiger partial charge in [-0.15, -0.1) is 0 Å². The summed E-state index contributed by atoms with van der Waals surface area (Å²) in [5.41, 5.74) is 1.45. The van der Waals surface area contributed by atoms with Crippen molar-refractivity contribution in [2.24, 2.45) is 0 Å². The Hall–Kier alpha value is -2.30. The van der Waals surface area contributed by atoms with E-state index in [1.54, 1.807) is 13.3 Å². The first-order chi connectivity index (χ1) is 10.4. The minimum atomic E-state index is -0.495. The first-order valence-corrected chi connectivity index (χ1v) is 7.28. The van der Waals surface area contributed by atoms with Crippen molar-refractivity contribution in [2.75, 3.05) is 13.7 Å². The highest BCUT2D eigenvalue weighted by Crippen LogP contribution is 2.27. The molecule has 0 spiro atoms. The maximum absolute atomic E-state index is 11.7. The summed E-state index contributed by atoms with van der Waals surface area (Å²) in [6, 6.07) is 7.73. The molecule has 1 N–H and O–H groups in total. The summed E-state index contributed by atoms with van der Waals surface area (Å²) in [6.45, 7) is 5.99. The zero-order valence-electron chi connectivity index (χ0n) is 13.5. The van der Waals surface area contributed by atoms with Crippen molar-refractivity contribution >= 4 is 17.0 Å². The number of fused-ring (bicyclic) bond motifs is 1. The Labute approximate surface area is 130 Å². The Morgan fingerprint density at radius 2 is 2.05 bits per heavy atom.